The number of benzene rings is 1. The molecular formula is C23H39N5O4S. The van der Waals surface area contributed by atoms with Crippen LogP contribution < -0.4 is 15.9 Å². The number of piperidine rings is 1. The molecule has 0 bridgehead atoms. The summed E-state index contributed by atoms with van der Waals surface area (Å²) in [7, 11) is -3.54. The second-order valence-electron chi connectivity index (χ2n) is 9.33. The summed E-state index contributed by atoms with van der Waals surface area (Å²) in [6.07, 6.45) is 4.13. The average Bonchev–Trinajstić information content (AvgIpc) is 2.80. The maximum Gasteiger partial charge on any atom is 0.243 e. The molecular weight excluding hydrogens is 442 g/mol. The van der Waals surface area contributed by atoms with Crippen molar-refractivity contribution in [1.29, 1.82) is 0 Å². The molecule has 0 unspecified atom stereocenters. The Morgan fingerprint density at radius 2 is 1.67 bits per heavy atom. The Labute approximate surface area is 198 Å². The van der Waals surface area contributed by atoms with Crippen LogP contribution in [0.3, 0.4) is 0 Å². The van der Waals surface area contributed by atoms with Crippen molar-refractivity contribution in [2.24, 2.45) is 11.7 Å². The molecule has 2 saturated heterocycles. The Kier molecular flexibility index (Phi) is 9.51. The van der Waals surface area contributed by atoms with Crippen LogP contribution in [-0.2, 0) is 14.8 Å². The predicted octanol–water partition coefficient (Wildman–Crippen LogP) is 1.26. The zero-order valence-corrected chi connectivity index (χ0v) is 20.7. The third-order valence-electron chi connectivity index (χ3n) is 6.13. The highest BCUT2D eigenvalue weighted by Crippen LogP contribution is 2.22. The fourth-order valence-corrected chi connectivity index (χ4v) is 5.63. The van der Waals surface area contributed by atoms with Crippen molar-refractivity contribution in [2.45, 2.75) is 50.5 Å². The Morgan fingerprint density at radius 3 is 2.27 bits per heavy atom. The van der Waals surface area contributed by atoms with Crippen molar-refractivity contribution in [3.05, 3.63) is 24.3 Å². The first-order valence-corrected chi connectivity index (χ1v) is 13.5. The van der Waals surface area contributed by atoms with Gasteiger partial charge in [0, 0.05) is 52.4 Å². The second-order valence-corrected chi connectivity index (χ2v) is 11.3. The Hall–Kier alpha value is -1.72. The molecule has 10 heteroatoms. The van der Waals surface area contributed by atoms with E-state index in [2.05, 4.69) is 10.2 Å². The summed E-state index contributed by atoms with van der Waals surface area (Å²) >= 11 is 0. The van der Waals surface area contributed by atoms with Crippen molar-refractivity contribution in [3.63, 3.8) is 0 Å². The van der Waals surface area contributed by atoms with Gasteiger partial charge in [-0.15, -0.1) is 5.06 Å². The van der Waals surface area contributed by atoms with Crippen LogP contribution in [-0.4, -0.2) is 87.0 Å². The molecule has 3 N–H and O–H groups in total. The van der Waals surface area contributed by atoms with Gasteiger partial charge in [-0.25, -0.2) is 8.42 Å². The highest BCUT2D eigenvalue weighted by molar-refractivity contribution is 7.89. The lowest BCUT2D eigenvalue weighted by molar-refractivity contribution is -0.122. The third-order valence-corrected chi connectivity index (χ3v) is 8.04. The average molecular weight is 482 g/mol. The van der Waals surface area contributed by atoms with E-state index in [0.29, 0.717) is 57.4 Å². The fourth-order valence-electron chi connectivity index (χ4n) is 4.20. The van der Waals surface area contributed by atoms with Gasteiger partial charge in [-0.3, -0.25) is 9.69 Å². The van der Waals surface area contributed by atoms with E-state index in [1.165, 1.54) is 10.7 Å². The van der Waals surface area contributed by atoms with Gasteiger partial charge < -0.3 is 15.9 Å². The van der Waals surface area contributed by atoms with Crippen LogP contribution in [0.4, 0.5) is 0 Å². The first kappa shape index (κ1) is 25.9. The SMILES string of the molecule is CC(C)C[C@H](N)C(=O)NCCN1CCN(S(=O)(=O)c2ccc(ON3CCCCC3)cc2)CC1. The molecule has 2 aliphatic heterocycles. The number of hydroxylamine groups is 2. The number of rotatable bonds is 10. The number of nitrogens with two attached hydrogens (primary N) is 1. The summed E-state index contributed by atoms with van der Waals surface area (Å²) in [4.78, 5) is 20.3. The second kappa shape index (κ2) is 12.1. The van der Waals surface area contributed by atoms with Gasteiger partial charge in [0.25, 0.3) is 0 Å². The first-order chi connectivity index (χ1) is 15.8. The van der Waals surface area contributed by atoms with Crippen molar-refractivity contribution in [3.8, 4) is 5.75 Å². The van der Waals surface area contributed by atoms with Crippen molar-refractivity contribution in [1.82, 2.24) is 19.6 Å². The van der Waals surface area contributed by atoms with Crippen molar-refractivity contribution >= 4 is 15.9 Å². The van der Waals surface area contributed by atoms with Gasteiger partial charge >= 0.3 is 0 Å². The molecule has 2 heterocycles. The van der Waals surface area contributed by atoms with Gasteiger partial charge in [0.15, 0.2) is 0 Å². The summed E-state index contributed by atoms with van der Waals surface area (Å²) in [5.41, 5.74) is 5.91. The lowest BCUT2D eigenvalue weighted by atomic mass is 10.0. The molecule has 1 amide bonds. The van der Waals surface area contributed by atoms with E-state index in [-0.39, 0.29) is 10.8 Å². The lowest BCUT2D eigenvalue weighted by Gasteiger charge is -2.34. The number of sulfonamides is 1. The quantitative estimate of drug-likeness (QED) is 0.518. The summed E-state index contributed by atoms with van der Waals surface area (Å²) in [6, 6.07) is 6.21. The topological polar surface area (TPSA) is 108 Å². The molecule has 1 atom stereocenters. The fraction of sp³-hybridized carbons (Fsp3) is 0.696. The van der Waals surface area contributed by atoms with Gasteiger partial charge in [-0.05, 0) is 49.4 Å². The Balaban J connectivity index is 1.43. The summed E-state index contributed by atoms with van der Waals surface area (Å²) in [5, 5.41) is 4.82. The van der Waals surface area contributed by atoms with Crippen LogP contribution in [0.1, 0.15) is 39.5 Å². The number of piperazine rings is 1. The minimum Gasteiger partial charge on any atom is -0.406 e. The molecule has 2 aliphatic rings. The third kappa shape index (κ3) is 7.65. The monoisotopic (exact) mass is 481 g/mol. The number of amides is 1. The number of nitrogens with one attached hydrogen (secondary N) is 1. The van der Waals surface area contributed by atoms with Crippen LogP contribution >= 0.6 is 0 Å². The van der Waals surface area contributed by atoms with Gasteiger partial charge in [0.05, 0.1) is 10.9 Å². The minimum atomic E-state index is -3.54. The first-order valence-electron chi connectivity index (χ1n) is 12.0. The number of hydrogen-bond acceptors (Lipinski definition) is 7. The molecule has 0 radical (unpaired) electrons. The van der Waals surface area contributed by atoms with Gasteiger partial charge in [-0.1, -0.05) is 20.3 Å². The summed E-state index contributed by atoms with van der Waals surface area (Å²) in [6.45, 7) is 9.18. The normalized spacial score (nSPS) is 20.0. The lowest BCUT2D eigenvalue weighted by Crippen LogP contribution is -2.51. The smallest absolute Gasteiger partial charge is 0.243 e. The summed E-state index contributed by atoms with van der Waals surface area (Å²) < 4.78 is 27.6. The standard InChI is InChI=1S/C23H39N5O4S/c1-19(2)18-22(24)23(29)25-10-13-26-14-16-28(17-15-26)33(30,31)21-8-6-20(7-9-21)32-27-11-4-3-5-12-27/h6-9,19,22H,3-5,10-18,24H2,1-2H3,(H,25,29)/t22-/m0/s1. The molecule has 33 heavy (non-hydrogen) atoms. The molecule has 0 spiro atoms. The Bertz CT molecular complexity index is 848. The molecule has 1 aromatic rings. The maximum atomic E-state index is 13.0. The van der Waals surface area contributed by atoms with E-state index in [0.717, 1.165) is 25.9 Å². The molecule has 2 fully saturated rings. The van der Waals surface area contributed by atoms with E-state index in [9.17, 15) is 13.2 Å². The number of hydrogen-bond donors (Lipinski definition) is 2. The molecule has 0 aromatic heterocycles. The molecule has 0 aliphatic carbocycles. The largest absolute Gasteiger partial charge is 0.406 e. The van der Waals surface area contributed by atoms with E-state index in [4.69, 9.17) is 10.6 Å². The van der Waals surface area contributed by atoms with Crippen molar-refractivity contribution in [2.75, 3.05) is 52.4 Å². The highest BCUT2D eigenvalue weighted by atomic mass is 32.2. The number of carbonyl (C=O) groups is 1. The van der Waals surface area contributed by atoms with Crippen LogP contribution in [0.25, 0.3) is 0 Å². The van der Waals surface area contributed by atoms with Crippen LogP contribution in [0.2, 0.25) is 0 Å². The summed E-state index contributed by atoms with van der Waals surface area (Å²) in [5.74, 6) is 0.910. The van der Waals surface area contributed by atoms with E-state index < -0.39 is 16.1 Å². The molecule has 9 nitrogen and oxygen atoms in total. The molecule has 186 valence electrons. The Morgan fingerprint density at radius 1 is 1.03 bits per heavy atom. The van der Waals surface area contributed by atoms with E-state index in [1.807, 2.05) is 18.9 Å². The molecule has 1 aromatic carbocycles. The number of carbonyl (C=O) groups excluding carboxylic acids is 1. The van der Waals surface area contributed by atoms with Gasteiger partial charge in [0.2, 0.25) is 15.9 Å². The molecule has 3 rings (SSSR count). The predicted molar refractivity (Wildman–Crippen MR) is 128 cm³/mol. The zero-order valence-electron chi connectivity index (χ0n) is 19.9. The van der Waals surface area contributed by atoms with Crippen LogP contribution in [0.5, 0.6) is 5.75 Å². The number of nitrogens with zero attached hydrogens (tertiary/aromatic N) is 3. The highest BCUT2D eigenvalue weighted by Gasteiger charge is 2.28. The minimum absolute atomic E-state index is 0.127. The maximum absolute atomic E-state index is 13.0. The zero-order chi connectivity index (χ0) is 23.8. The van der Waals surface area contributed by atoms with Gasteiger partial charge in [0.1, 0.15) is 5.75 Å². The van der Waals surface area contributed by atoms with E-state index in [1.54, 1.807) is 24.3 Å². The van der Waals surface area contributed by atoms with Crippen LogP contribution in [0.15, 0.2) is 29.2 Å². The van der Waals surface area contributed by atoms with Crippen molar-refractivity contribution < 1.29 is 18.0 Å². The van der Waals surface area contributed by atoms with Crippen LogP contribution in [0, 0.1) is 5.92 Å². The van der Waals surface area contributed by atoms with E-state index >= 15 is 0 Å². The molecule has 0 saturated carbocycles. The van der Waals surface area contributed by atoms with Gasteiger partial charge in [-0.2, -0.15) is 4.31 Å².